The van der Waals surface area contributed by atoms with Crippen molar-refractivity contribution in [3.8, 4) is 0 Å². The molecule has 0 saturated carbocycles. The highest BCUT2D eigenvalue weighted by Crippen LogP contribution is 2.26. The molecule has 0 unspecified atom stereocenters. The average Bonchev–Trinajstić information content (AvgIpc) is 2.32. The molecule has 2 aromatic rings. The van der Waals surface area contributed by atoms with Crippen LogP contribution >= 0.6 is 0 Å². The van der Waals surface area contributed by atoms with E-state index in [4.69, 9.17) is 11.5 Å². The Morgan fingerprint density at radius 3 is 2.29 bits per heavy atom. The third-order valence-corrected chi connectivity index (χ3v) is 2.80. The highest BCUT2D eigenvalue weighted by atomic mass is 14.7. The molecule has 0 bridgehead atoms. The first kappa shape index (κ1) is 11.3. The lowest BCUT2D eigenvalue weighted by Crippen LogP contribution is -1.96. The maximum Gasteiger partial charge on any atom is 0.0554 e. The van der Waals surface area contributed by atoms with Gasteiger partial charge in [-0.25, -0.2) is 0 Å². The fraction of sp³-hybridized carbons (Fsp3) is 0.0667. The third-order valence-electron chi connectivity index (χ3n) is 2.80. The van der Waals surface area contributed by atoms with Crippen LogP contribution in [0.15, 0.2) is 49.0 Å². The van der Waals surface area contributed by atoms with Crippen molar-refractivity contribution in [3.05, 3.63) is 65.7 Å². The molecule has 86 valence electrons. The van der Waals surface area contributed by atoms with Gasteiger partial charge in [-0.2, -0.15) is 0 Å². The largest absolute Gasteiger partial charge is 0.397 e. The van der Waals surface area contributed by atoms with Crippen LogP contribution in [0.5, 0.6) is 0 Å². The van der Waals surface area contributed by atoms with Crippen LogP contribution in [0.3, 0.4) is 0 Å². The van der Waals surface area contributed by atoms with Crippen LogP contribution < -0.4 is 11.5 Å². The van der Waals surface area contributed by atoms with E-state index in [2.05, 4.69) is 25.6 Å². The van der Waals surface area contributed by atoms with Crippen LogP contribution in [0, 0.1) is 6.92 Å². The molecule has 2 nitrogen and oxygen atoms in total. The molecule has 0 aliphatic carbocycles. The molecule has 2 aromatic carbocycles. The van der Waals surface area contributed by atoms with Crippen LogP contribution in [-0.4, -0.2) is 0 Å². The lowest BCUT2D eigenvalue weighted by Gasteiger charge is -2.09. The Labute approximate surface area is 102 Å². The zero-order chi connectivity index (χ0) is 12.4. The van der Waals surface area contributed by atoms with E-state index in [-0.39, 0.29) is 0 Å². The van der Waals surface area contributed by atoms with Gasteiger partial charge in [-0.15, -0.1) is 0 Å². The first-order chi connectivity index (χ1) is 8.08. The number of nitrogen functional groups attached to an aromatic ring is 2. The van der Waals surface area contributed by atoms with Gasteiger partial charge >= 0.3 is 0 Å². The van der Waals surface area contributed by atoms with Gasteiger partial charge in [0.05, 0.1) is 11.4 Å². The zero-order valence-corrected chi connectivity index (χ0v) is 9.90. The van der Waals surface area contributed by atoms with E-state index in [1.807, 2.05) is 30.3 Å². The van der Waals surface area contributed by atoms with Crippen molar-refractivity contribution < 1.29 is 0 Å². The highest BCUT2D eigenvalue weighted by molar-refractivity contribution is 5.81. The second-order valence-electron chi connectivity index (χ2n) is 4.19. The van der Waals surface area contributed by atoms with E-state index in [1.54, 1.807) is 0 Å². The van der Waals surface area contributed by atoms with Gasteiger partial charge in [-0.1, -0.05) is 42.5 Å². The molecule has 0 aliphatic rings. The van der Waals surface area contributed by atoms with Gasteiger partial charge in [-0.3, -0.25) is 0 Å². The van der Waals surface area contributed by atoms with Crippen molar-refractivity contribution in [2.75, 3.05) is 11.5 Å². The van der Waals surface area contributed by atoms with Crippen molar-refractivity contribution in [2.24, 2.45) is 0 Å². The molecular weight excluding hydrogens is 208 g/mol. The van der Waals surface area contributed by atoms with E-state index in [1.165, 1.54) is 5.56 Å². The summed E-state index contributed by atoms with van der Waals surface area (Å²) in [7, 11) is 0. The monoisotopic (exact) mass is 224 g/mol. The predicted molar refractivity (Wildman–Crippen MR) is 74.6 cm³/mol. The van der Waals surface area contributed by atoms with Crippen molar-refractivity contribution in [1.82, 2.24) is 0 Å². The second kappa shape index (κ2) is 4.34. The maximum absolute atomic E-state index is 5.80. The standard InChI is InChI=1S/C15H16N2/c1-10-4-3-5-12(8-10)11(2)13-6-7-14(16)15(17)9-13/h3-9H,2,16-17H2,1H3. The van der Waals surface area contributed by atoms with Gasteiger partial charge in [0.25, 0.3) is 0 Å². The molecule has 0 spiro atoms. The Morgan fingerprint density at radius 1 is 0.941 bits per heavy atom. The van der Waals surface area contributed by atoms with Crippen LogP contribution in [0.2, 0.25) is 0 Å². The third kappa shape index (κ3) is 2.31. The van der Waals surface area contributed by atoms with E-state index in [9.17, 15) is 0 Å². The Hall–Kier alpha value is -2.22. The quantitative estimate of drug-likeness (QED) is 0.769. The minimum Gasteiger partial charge on any atom is -0.397 e. The van der Waals surface area contributed by atoms with Crippen LogP contribution in [0.1, 0.15) is 16.7 Å². The van der Waals surface area contributed by atoms with Crippen LogP contribution in [-0.2, 0) is 0 Å². The summed E-state index contributed by atoms with van der Waals surface area (Å²) < 4.78 is 0. The molecule has 0 radical (unpaired) electrons. The number of anilines is 2. The molecule has 0 saturated heterocycles. The number of aryl methyl sites for hydroxylation is 1. The van der Waals surface area contributed by atoms with Crippen LogP contribution in [0.25, 0.3) is 5.57 Å². The molecule has 0 amide bonds. The van der Waals surface area contributed by atoms with Gasteiger partial charge in [0.15, 0.2) is 0 Å². The molecule has 2 heteroatoms. The predicted octanol–water partition coefficient (Wildman–Crippen LogP) is 3.22. The minimum atomic E-state index is 0.594. The van der Waals surface area contributed by atoms with Crippen molar-refractivity contribution in [1.29, 1.82) is 0 Å². The first-order valence-corrected chi connectivity index (χ1v) is 5.49. The molecule has 2 rings (SSSR count). The van der Waals surface area contributed by atoms with Crippen molar-refractivity contribution in [3.63, 3.8) is 0 Å². The number of hydrogen-bond donors (Lipinski definition) is 2. The summed E-state index contributed by atoms with van der Waals surface area (Å²) in [5, 5.41) is 0. The molecule has 17 heavy (non-hydrogen) atoms. The molecule has 0 atom stereocenters. The average molecular weight is 224 g/mol. The van der Waals surface area contributed by atoms with Gasteiger partial charge < -0.3 is 11.5 Å². The molecule has 0 aromatic heterocycles. The smallest absolute Gasteiger partial charge is 0.0554 e. The Bertz CT molecular complexity index is 571. The van der Waals surface area contributed by atoms with Crippen molar-refractivity contribution in [2.45, 2.75) is 6.92 Å². The van der Waals surface area contributed by atoms with E-state index in [0.29, 0.717) is 11.4 Å². The Kier molecular flexibility index (Phi) is 2.88. The SMILES string of the molecule is C=C(c1cccc(C)c1)c1ccc(N)c(N)c1. The summed E-state index contributed by atoms with van der Waals surface area (Å²) in [4.78, 5) is 0. The van der Waals surface area contributed by atoms with Gasteiger partial charge in [0.2, 0.25) is 0 Å². The minimum absolute atomic E-state index is 0.594. The summed E-state index contributed by atoms with van der Waals surface area (Å²) in [6.07, 6.45) is 0. The Morgan fingerprint density at radius 2 is 1.65 bits per heavy atom. The molecular formula is C15H16N2. The lowest BCUT2D eigenvalue weighted by atomic mass is 9.97. The summed E-state index contributed by atoms with van der Waals surface area (Å²) in [6, 6.07) is 13.9. The number of hydrogen-bond acceptors (Lipinski definition) is 2. The normalized spacial score (nSPS) is 10.2. The molecule has 4 N–H and O–H groups in total. The summed E-state index contributed by atoms with van der Waals surface area (Å²) in [5.74, 6) is 0. The van der Waals surface area contributed by atoms with Gasteiger partial charge in [0.1, 0.15) is 0 Å². The Balaban J connectivity index is 2.40. The topological polar surface area (TPSA) is 52.0 Å². The highest BCUT2D eigenvalue weighted by Gasteiger charge is 2.04. The number of nitrogens with two attached hydrogens (primary N) is 2. The van der Waals surface area contributed by atoms with Gasteiger partial charge in [-0.05, 0) is 35.8 Å². The van der Waals surface area contributed by atoms with E-state index in [0.717, 1.165) is 16.7 Å². The maximum atomic E-state index is 5.80. The van der Waals surface area contributed by atoms with E-state index < -0.39 is 0 Å². The number of benzene rings is 2. The van der Waals surface area contributed by atoms with E-state index >= 15 is 0 Å². The summed E-state index contributed by atoms with van der Waals surface area (Å²) >= 11 is 0. The van der Waals surface area contributed by atoms with Crippen LogP contribution in [0.4, 0.5) is 11.4 Å². The fourth-order valence-electron chi connectivity index (χ4n) is 1.76. The molecule has 0 heterocycles. The van der Waals surface area contributed by atoms with Crippen molar-refractivity contribution >= 4 is 16.9 Å². The molecule has 0 fully saturated rings. The summed E-state index contributed by atoms with van der Waals surface area (Å²) in [6.45, 7) is 6.17. The fourth-order valence-corrected chi connectivity index (χ4v) is 1.76. The first-order valence-electron chi connectivity index (χ1n) is 5.49. The number of rotatable bonds is 2. The second-order valence-corrected chi connectivity index (χ2v) is 4.19. The lowest BCUT2D eigenvalue weighted by molar-refractivity contribution is 1.44. The van der Waals surface area contributed by atoms with Gasteiger partial charge in [0, 0.05) is 0 Å². The summed E-state index contributed by atoms with van der Waals surface area (Å²) in [5.41, 5.74) is 17.0. The zero-order valence-electron chi connectivity index (χ0n) is 9.90. The molecule has 0 aliphatic heterocycles.